The monoisotopic (exact) mass is 532 g/mol. The molecule has 0 amide bonds. The first-order chi connectivity index (χ1) is 20.8. The summed E-state index contributed by atoms with van der Waals surface area (Å²) in [4.78, 5) is 0. The molecule has 0 saturated carbocycles. The third-order valence-electron chi connectivity index (χ3n) is 8.46. The van der Waals surface area contributed by atoms with Gasteiger partial charge in [0.25, 0.3) is 0 Å². The molecule has 0 aromatic heterocycles. The zero-order chi connectivity index (χ0) is 27.9. The molecule has 0 aliphatic rings. The van der Waals surface area contributed by atoms with Gasteiger partial charge in [-0.15, -0.1) is 0 Å². The second kappa shape index (κ2) is 10.2. The molecule has 0 nitrogen and oxygen atoms in total. The van der Waals surface area contributed by atoms with Crippen LogP contribution in [0.4, 0.5) is 0 Å². The SMILES string of the molecule is c1ccc(-c2ccc(-c3ccc4ccc5c6cc(-c7cccc(-c8ccccc8)c7)ccc6ccc5c4c3)cc2)cc1. The molecule has 0 N–H and O–H groups in total. The van der Waals surface area contributed by atoms with Gasteiger partial charge in [0, 0.05) is 0 Å². The predicted octanol–water partition coefficient (Wildman–Crippen LogP) is 11.8. The molecule has 0 bridgehead atoms. The van der Waals surface area contributed by atoms with Crippen LogP contribution in [0.5, 0.6) is 0 Å². The van der Waals surface area contributed by atoms with Crippen LogP contribution in [0.1, 0.15) is 0 Å². The number of rotatable bonds is 4. The smallest absolute Gasteiger partial charge is 0.00987 e. The Morgan fingerprint density at radius 2 is 0.524 bits per heavy atom. The highest BCUT2D eigenvalue weighted by atomic mass is 14.1. The fourth-order valence-corrected chi connectivity index (χ4v) is 6.22. The van der Waals surface area contributed by atoms with Crippen molar-refractivity contribution in [3.05, 3.63) is 170 Å². The summed E-state index contributed by atoms with van der Waals surface area (Å²) in [5.74, 6) is 0. The molecule has 0 heterocycles. The van der Waals surface area contributed by atoms with Crippen LogP contribution in [0.3, 0.4) is 0 Å². The number of hydrogen-bond donors (Lipinski definition) is 0. The number of hydrogen-bond acceptors (Lipinski definition) is 0. The van der Waals surface area contributed by atoms with E-state index in [1.54, 1.807) is 0 Å². The van der Waals surface area contributed by atoms with Gasteiger partial charge in [-0.3, -0.25) is 0 Å². The van der Waals surface area contributed by atoms with Crippen LogP contribution in [0.15, 0.2) is 170 Å². The Labute approximate surface area is 246 Å². The molecule has 8 aromatic rings. The first-order valence-corrected chi connectivity index (χ1v) is 14.5. The van der Waals surface area contributed by atoms with Gasteiger partial charge in [0.1, 0.15) is 0 Å². The van der Waals surface area contributed by atoms with Crippen LogP contribution in [0.25, 0.3) is 76.8 Å². The second-order valence-corrected chi connectivity index (χ2v) is 11.0. The average Bonchev–Trinajstić information content (AvgIpc) is 3.08. The minimum absolute atomic E-state index is 1.23. The molecular formula is C42H28. The maximum Gasteiger partial charge on any atom is -0.00987 e. The van der Waals surface area contributed by atoms with Gasteiger partial charge in [0.15, 0.2) is 0 Å². The Morgan fingerprint density at radius 3 is 1.07 bits per heavy atom. The largest absolute Gasteiger partial charge is 0.0622 e. The summed E-state index contributed by atoms with van der Waals surface area (Å²) in [5.41, 5.74) is 9.89. The van der Waals surface area contributed by atoms with Gasteiger partial charge in [-0.2, -0.15) is 0 Å². The Kier molecular flexibility index (Phi) is 5.90. The summed E-state index contributed by atoms with van der Waals surface area (Å²) >= 11 is 0. The van der Waals surface area contributed by atoms with Crippen molar-refractivity contribution in [3.8, 4) is 44.5 Å². The quantitative estimate of drug-likeness (QED) is 0.198. The molecule has 0 radical (unpaired) electrons. The summed E-state index contributed by atoms with van der Waals surface area (Å²) in [6.45, 7) is 0. The molecule has 0 aliphatic carbocycles. The van der Waals surface area contributed by atoms with Crippen LogP contribution < -0.4 is 0 Å². The van der Waals surface area contributed by atoms with E-state index in [-0.39, 0.29) is 0 Å². The van der Waals surface area contributed by atoms with E-state index < -0.39 is 0 Å². The molecule has 0 heteroatoms. The van der Waals surface area contributed by atoms with Crippen molar-refractivity contribution in [2.24, 2.45) is 0 Å². The predicted molar refractivity (Wildman–Crippen MR) is 181 cm³/mol. The third-order valence-corrected chi connectivity index (χ3v) is 8.46. The van der Waals surface area contributed by atoms with E-state index in [9.17, 15) is 0 Å². The summed E-state index contributed by atoms with van der Waals surface area (Å²) in [6, 6.07) is 61.8. The lowest BCUT2D eigenvalue weighted by atomic mass is 9.92. The Balaban J connectivity index is 1.22. The lowest BCUT2D eigenvalue weighted by Crippen LogP contribution is -1.85. The zero-order valence-corrected chi connectivity index (χ0v) is 23.2. The summed E-state index contributed by atoms with van der Waals surface area (Å²) in [7, 11) is 0. The fraction of sp³-hybridized carbons (Fsp3) is 0. The third kappa shape index (κ3) is 4.35. The highest BCUT2D eigenvalue weighted by Crippen LogP contribution is 2.36. The fourth-order valence-electron chi connectivity index (χ4n) is 6.22. The molecular weight excluding hydrogens is 504 g/mol. The lowest BCUT2D eigenvalue weighted by molar-refractivity contribution is 1.60. The minimum Gasteiger partial charge on any atom is -0.0622 e. The number of fused-ring (bicyclic) bond motifs is 5. The summed E-state index contributed by atoms with van der Waals surface area (Å²) < 4.78 is 0. The molecule has 8 rings (SSSR count). The van der Waals surface area contributed by atoms with Crippen LogP contribution in [-0.2, 0) is 0 Å². The van der Waals surface area contributed by atoms with E-state index >= 15 is 0 Å². The van der Waals surface area contributed by atoms with Crippen molar-refractivity contribution in [1.82, 2.24) is 0 Å². The van der Waals surface area contributed by atoms with Crippen molar-refractivity contribution >= 4 is 32.3 Å². The van der Waals surface area contributed by atoms with E-state index in [1.807, 2.05) is 0 Å². The molecule has 0 fully saturated rings. The van der Waals surface area contributed by atoms with Gasteiger partial charge in [-0.1, -0.05) is 152 Å². The molecule has 196 valence electrons. The molecule has 8 aromatic carbocycles. The topological polar surface area (TPSA) is 0 Å². The van der Waals surface area contributed by atoms with E-state index in [0.29, 0.717) is 0 Å². The van der Waals surface area contributed by atoms with E-state index in [4.69, 9.17) is 0 Å². The normalized spacial score (nSPS) is 11.3. The highest BCUT2D eigenvalue weighted by molar-refractivity contribution is 6.18. The van der Waals surface area contributed by atoms with Crippen molar-refractivity contribution in [1.29, 1.82) is 0 Å². The van der Waals surface area contributed by atoms with E-state index in [2.05, 4.69) is 170 Å². The lowest BCUT2D eigenvalue weighted by Gasteiger charge is -2.12. The molecule has 0 unspecified atom stereocenters. The van der Waals surface area contributed by atoms with E-state index in [1.165, 1.54) is 76.8 Å². The molecule has 0 atom stereocenters. The first kappa shape index (κ1) is 24.3. The maximum absolute atomic E-state index is 2.36. The van der Waals surface area contributed by atoms with Gasteiger partial charge >= 0.3 is 0 Å². The Morgan fingerprint density at radius 1 is 0.190 bits per heavy atom. The zero-order valence-electron chi connectivity index (χ0n) is 23.2. The van der Waals surface area contributed by atoms with Crippen LogP contribution >= 0.6 is 0 Å². The summed E-state index contributed by atoms with van der Waals surface area (Å²) in [6.07, 6.45) is 0. The molecule has 42 heavy (non-hydrogen) atoms. The summed E-state index contributed by atoms with van der Waals surface area (Å²) in [5, 5.41) is 7.68. The number of benzene rings is 8. The van der Waals surface area contributed by atoms with Gasteiger partial charge in [-0.25, -0.2) is 0 Å². The first-order valence-electron chi connectivity index (χ1n) is 14.5. The van der Waals surface area contributed by atoms with Crippen molar-refractivity contribution in [2.45, 2.75) is 0 Å². The Hall–Kier alpha value is -5.46. The van der Waals surface area contributed by atoms with Gasteiger partial charge in [-0.05, 0) is 95.0 Å². The van der Waals surface area contributed by atoms with E-state index in [0.717, 1.165) is 0 Å². The van der Waals surface area contributed by atoms with Gasteiger partial charge in [0.2, 0.25) is 0 Å². The maximum atomic E-state index is 2.36. The Bertz CT molecular complexity index is 2210. The van der Waals surface area contributed by atoms with Crippen LogP contribution in [0, 0.1) is 0 Å². The molecule has 0 aliphatic heterocycles. The minimum atomic E-state index is 1.23. The van der Waals surface area contributed by atoms with Gasteiger partial charge < -0.3 is 0 Å². The van der Waals surface area contributed by atoms with Crippen LogP contribution in [-0.4, -0.2) is 0 Å². The molecule has 0 saturated heterocycles. The van der Waals surface area contributed by atoms with Gasteiger partial charge in [0.05, 0.1) is 0 Å². The molecule has 0 spiro atoms. The average molecular weight is 533 g/mol. The van der Waals surface area contributed by atoms with Crippen molar-refractivity contribution < 1.29 is 0 Å². The van der Waals surface area contributed by atoms with Crippen molar-refractivity contribution in [3.63, 3.8) is 0 Å². The van der Waals surface area contributed by atoms with Crippen molar-refractivity contribution in [2.75, 3.05) is 0 Å². The second-order valence-electron chi connectivity index (χ2n) is 11.0. The standard InChI is InChI=1S/C42H28/c1-3-8-29(9-4-1)31-14-16-32(17-15-31)37-20-18-33-22-25-40-39(41(33)27-37)24-23-34-19-21-38(28-42(34)40)36-13-7-12-35(26-36)30-10-5-2-6-11-30/h1-28H. The highest BCUT2D eigenvalue weighted by Gasteiger charge is 2.09. The van der Waals surface area contributed by atoms with Crippen LogP contribution in [0.2, 0.25) is 0 Å².